The predicted molar refractivity (Wildman–Crippen MR) is 145 cm³/mol. The molecule has 0 radical (unpaired) electrons. The minimum absolute atomic E-state index is 0.134. The summed E-state index contributed by atoms with van der Waals surface area (Å²) in [4.78, 5) is 28.2. The number of benzene rings is 2. The number of carbonyl (C=O) groups is 2. The van der Waals surface area contributed by atoms with Crippen LogP contribution in [0, 0.1) is 0 Å². The number of imide groups is 1. The molecule has 0 saturated carbocycles. The standard InChI is InChI=1S/C27H42N2O2Si2/c1-7-32(8-2,9-3)29(33(10-4,11-5)12-6)21-15-20-28-26(30)23-18-13-16-22-17-14-19-24(25(22)23)27(28)31/h13-14,16-19H,7-12,15,20-21H2,1-6H3. The molecule has 0 aliphatic carbocycles. The zero-order valence-electron chi connectivity index (χ0n) is 21.5. The highest BCUT2D eigenvalue weighted by Crippen LogP contribution is 2.36. The van der Waals surface area contributed by atoms with Crippen LogP contribution in [0.1, 0.15) is 68.7 Å². The van der Waals surface area contributed by atoms with Crippen molar-refractivity contribution in [3.63, 3.8) is 0 Å². The van der Waals surface area contributed by atoms with E-state index in [0.717, 1.165) is 23.7 Å². The van der Waals surface area contributed by atoms with Gasteiger partial charge < -0.3 is 4.23 Å². The molecule has 4 nitrogen and oxygen atoms in total. The Hall–Kier alpha value is -1.77. The van der Waals surface area contributed by atoms with Gasteiger partial charge in [-0.1, -0.05) is 65.8 Å². The maximum absolute atomic E-state index is 13.3. The lowest BCUT2D eigenvalue weighted by atomic mass is 9.94. The van der Waals surface area contributed by atoms with E-state index in [1.807, 2.05) is 36.4 Å². The van der Waals surface area contributed by atoms with E-state index in [1.54, 1.807) is 0 Å². The molecule has 3 rings (SSSR count). The van der Waals surface area contributed by atoms with Gasteiger partial charge in [-0.3, -0.25) is 14.5 Å². The third-order valence-corrected chi connectivity index (χ3v) is 22.2. The van der Waals surface area contributed by atoms with Gasteiger partial charge in [-0.2, -0.15) is 0 Å². The first kappa shape index (κ1) is 25.8. The Kier molecular flexibility index (Phi) is 8.35. The molecule has 0 bridgehead atoms. The molecule has 0 saturated heterocycles. The third-order valence-electron chi connectivity index (χ3n) is 8.71. The largest absolute Gasteiger partial charge is 0.345 e. The highest BCUT2D eigenvalue weighted by Gasteiger charge is 2.45. The molecule has 1 aliphatic heterocycles. The van der Waals surface area contributed by atoms with Gasteiger partial charge in [0.2, 0.25) is 0 Å². The van der Waals surface area contributed by atoms with Crippen LogP contribution in [0.5, 0.6) is 0 Å². The van der Waals surface area contributed by atoms with E-state index in [-0.39, 0.29) is 11.8 Å². The minimum atomic E-state index is -1.56. The van der Waals surface area contributed by atoms with Crippen molar-refractivity contribution in [2.45, 2.75) is 84.2 Å². The van der Waals surface area contributed by atoms with E-state index in [0.29, 0.717) is 17.7 Å². The van der Waals surface area contributed by atoms with Gasteiger partial charge in [0.05, 0.1) is 0 Å². The number of carbonyl (C=O) groups excluding carboxylic acids is 2. The fourth-order valence-corrected chi connectivity index (χ4v) is 19.7. The lowest BCUT2D eigenvalue weighted by Crippen LogP contribution is -2.66. The van der Waals surface area contributed by atoms with Crippen molar-refractivity contribution in [2.24, 2.45) is 0 Å². The maximum atomic E-state index is 13.3. The summed E-state index contributed by atoms with van der Waals surface area (Å²) in [5.41, 5.74) is 1.33. The van der Waals surface area contributed by atoms with Gasteiger partial charge in [0, 0.05) is 23.1 Å². The van der Waals surface area contributed by atoms with Crippen LogP contribution in [0.2, 0.25) is 36.3 Å². The number of hydrogen-bond acceptors (Lipinski definition) is 3. The lowest BCUT2D eigenvalue weighted by Gasteiger charge is -2.52. The summed E-state index contributed by atoms with van der Waals surface area (Å²) in [5, 5.41) is 1.78. The second-order valence-corrected chi connectivity index (χ2v) is 20.2. The monoisotopic (exact) mass is 482 g/mol. The van der Waals surface area contributed by atoms with Crippen molar-refractivity contribution in [1.29, 1.82) is 0 Å². The van der Waals surface area contributed by atoms with Crippen LogP contribution in [0.3, 0.4) is 0 Å². The first-order valence-corrected chi connectivity index (χ1v) is 18.2. The van der Waals surface area contributed by atoms with E-state index < -0.39 is 16.5 Å². The molecule has 1 aliphatic rings. The van der Waals surface area contributed by atoms with Crippen LogP contribution >= 0.6 is 0 Å². The normalized spacial score (nSPS) is 14.6. The fraction of sp³-hybridized carbons (Fsp3) is 0.556. The molecule has 0 unspecified atom stereocenters. The summed E-state index contributed by atoms with van der Waals surface area (Å²) < 4.78 is 3.04. The number of rotatable bonds is 12. The Morgan fingerprint density at radius 1 is 0.697 bits per heavy atom. The minimum Gasteiger partial charge on any atom is -0.345 e. The summed E-state index contributed by atoms with van der Waals surface area (Å²) in [6.45, 7) is 15.9. The van der Waals surface area contributed by atoms with Gasteiger partial charge in [-0.05, 0) is 66.7 Å². The second kappa shape index (κ2) is 10.7. The summed E-state index contributed by atoms with van der Waals surface area (Å²) in [5.74, 6) is -0.267. The van der Waals surface area contributed by atoms with Crippen molar-refractivity contribution in [2.75, 3.05) is 13.1 Å². The highest BCUT2D eigenvalue weighted by molar-refractivity contribution is 6.92. The van der Waals surface area contributed by atoms with Crippen molar-refractivity contribution >= 4 is 39.1 Å². The molecule has 6 heteroatoms. The SMILES string of the molecule is CC[Si](CC)(CC)N(CCCN1C(=O)c2cccc3cccc(c23)C1=O)[Si](CC)(CC)CC. The molecule has 0 spiro atoms. The second-order valence-electron chi connectivity index (χ2n) is 9.55. The third kappa shape index (κ3) is 4.37. The summed E-state index contributed by atoms with van der Waals surface area (Å²) in [6, 6.07) is 19.2. The quantitative estimate of drug-likeness (QED) is 0.238. The Morgan fingerprint density at radius 2 is 1.12 bits per heavy atom. The molecular formula is C27H42N2O2Si2. The summed E-state index contributed by atoms with van der Waals surface area (Å²) >= 11 is 0. The molecule has 0 aromatic heterocycles. The van der Waals surface area contributed by atoms with E-state index >= 15 is 0 Å². The highest BCUT2D eigenvalue weighted by atomic mass is 28.4. The zero-order chi connectivity index (χ0) is 24.2. The average molecular weight is 483 g/mol. The number of hydrogen-bond donors (Lipinski definition) is 0. The molecule has 33 heavy (non-hydrogen) atoms. The van der Waals surface area contributed by atoms with Gasteiger partial charge in [-0.15, -0.1) is 0 Å². The Labute approximate surface area is 202 Å². The fourth-order valence-electron chi connectivity index (χ4n) is 6.29. The van der Waals surface area contributed by atoms with Crippen LogP contribution in [0.15, 0.2) is 36.4 Å². The summed E-state index contributed by atoms with van der Waals surface area (Å²) in [7, 11) is -3.11. The predicted octanol–water partition coefficient (Wildman–Crippen LogP) is 7.14. The van der Waals surface area contributed by atoms with Crippen LogP contribution in [0.4, 0.5) is 0 Å². The number of amides is 2. The first-order chi connectivity index (χ1) is 15.9. The molecule has 2 aromatic carbocycles. The van der Waals surface area contributed by atoms with Crippen molar-refractivity contribution in [1.82, 2.24) is 9.13 Å². The van der Waals surface area contributed by atoms with Crippen molar-refractivity contribution in [3.8, 4) is 0 Å². The summed E-state index contributed by atoms with van der Waals surface area (Å²) in [6.07, 6.45) is 0.860. The Morgan fingerprint density at radius 3 is 1.52 bits per heavy atom. The van der Waals surface area contributed by atoms with Gasteiger partial charge in [0.15, 0.2) is 0 Å². The maximum Gasteiger partial charge on any atom is 0.261 e. The topological polar surface area (TPSA) is 40.6 Å². The molecule has 2 amide bonds. The van der Waals surface area contributed by atoms with Crippen LogP contribution in [-0.4, -0.2) is 50.5 Å². The first-order valence-electron chi connectivity index (χ1n) is 13.0. The Bertz CT molecular complexity index is 911. The van der Waals surface area contributed by atoms with Crippen LogP contribution < -0.4 is 0 Å². The molecule has 0 fully saturated rings. The average Bonchev–Trinajstić information content (AvgIpc) is 2.86. The van der Waals surface area contributed by atoms with Gasteiger partial charge >= 0.3 is 0 Å². The molecule has 0 atom stereocenters. The van der Waals surface area contributed by atoms with E-state index in [4.69, 9.17) is 0 Å². The van der Waals surface area contributed by atoms with Crippen LogP contribution in [0.25, 0.3) is 10.8 Å². The molecule has 0 N–H and O–H groups in total. The smallest absolute Gasteiger partial charge is 0.261 e. The lowest BCUT2D eigenvalue weighted by molar-refractivity contribution is 0.0608. The number of nitrogens with zero attached hydrogens (tertiary/aromatic N) is 2. The zero-order valence-corrected chi connectivity index (χ0v) is 23.5. The molecule has 1 heterocycles. The van der Waals surface area contributed by atoms with Gasteiger partial charge in [0.1, 0.15) is 16.5 Å². The van der Waals surface area contributed by atoms with E-state index in [2.05, 4.69) is 45.8 Å². The molecular weight excluding hydrogens is 440 g/mol. The Balaban J connectivity index is 1.87. The molecule has 2 aromatic rings. The van der Waals surface area contributed by atoms with E-state index in [1.165, 1.54) is 41.2 Å². The van der Waals surface area contributed by atoms with Gasteiger partial charge in [-0.25, -0.2) is 0 Å². The van der Waals surface area contributed by atoms with E-state index in [9.17, 15) is 9.59 Å². The van der Waals surface area contributed by atoms with Crippen molar-refractivity contribution < 1.29 is 9.59 Å². The molecule has 180 valence electrons. The van der Waals surface area contributed by atoms with Crippen molar-refractivity contribution in [3.05, 3.63) is 47.5 Å². The van der Waals surface area contributed by atoms with Gasteiger partial charge in [0.25, 0.3) is 11.8 Å². The van der Waals surface area contributed by atoms with Crippen LogP contribution in [-0.2, 0) is 0 Å².